The summed E-state index contributed by atoms with van der Waals surface area (Å²) in [6, 6.07) is 9.83. The summed E-state index contributed by atoms with van der Waals surface area (Å²) >= 11 is 8.32. The topological polar surface area (TPSA) is 96.2 Å². The van der Waals surface area contributed by atoms with Crippen molar-refractivity contribution in [3.05, 3.63) is 64.6 Å². The van der Waals surface area contributed by atoms with Gasteiger partial charge < -0.3 is 15.1 Å². The second-order valence-corrected chi connectivity index (χ2v) is 11.9. The zero-order chi connectivity index (χ0) is 28.0. The van der Waals surface area contributed by atoms with Gasteiger partial charge in [0.1, 0.15) is 0 Å². The van der Waals surface area contributed by atoms with E-state index in [0.717, 1.165) is 71.9 Å². The van der Waals surface area contributed by atoms with Crippen LogP contribution in [0, 0.1) is 0 Å². The molecule has 6 rings (SSSR count). The molecule has 1 aromatic carbocycles. The number of hydrogen-bond acceptors (Lipinski definition) is 7. The fraction of sp³-hybridized carbons (Fsp3) is 0.345. The summed E-state index contributed by atoms with van der Waals surface area (Å²) in [7, 11) is 4.18. The third-order valence-corrected chi connectivity index (χ3v) is 8.95. The fourth-order valence-electron chi connectivity index (χ4n) is 5.56. The van der Waals surface area contributed by atoms with Crippen molar-refractivity contribution in [2.75, 3.05) is 32.5 Å². The van der Waals surface area contributed by atoms with Crippen LogP contribution >= 0.6 is 22.9 Å². The van der Waals surface area contributed by atoms with Crippen molar-refractivity contribution < 1.29 is 9.59 Å². The molecule has 0 saturated carbocycles. The maximum absolute atomic E-state index is 13.3. The van der Waals surface area contributed by atoms with E-state index in [1.165, 1.54) is 18.3 Å². The maximum Gasteiger partial charge on any atom is 0.253 e. The quantitative estimate of drug-likeness (QED) is 0.362. The van der Waals surface area contributed by atoms with Crippen molar-refractivity contribution in [1.29, 1.82) is 0 Å². The lowest BCUT2D eigenvalue weighted by Crippen LogP contribution is -2.44. The van der Waals surface area contributed by atoms with E-state index < -0.39 is 0 Å². The van der Waals surface area contributed by atoms with Crippen molar-refractivity contribution in [2.24, 2.45) is 0 Å². The van der Waals surface area contributed by atoms with Crippen molar-refractivity contribution >= 4 is 39.9 Å². The van der Waals surface area contributed by atoms with Gasteiger partial charge in [-0.05, 0) is 70.1 Å². The molecule has 0 radical (unpaired) electrons. The smallest absolute Gasteiger partial charge is 0.253 e. The molecule has 2 aliphatic rings. The van der Waals surface area contributed by atoms with Crippen LogP contribution in [0.2, 0.25) is 5.02 Å². The minimum absolute atomic E-state index is 0.00566. The molecule has 2 amide bonds. The Morgan fingerprint density at radius 3 is 2.62 bits per heavy atom. The molecule has 1 saturated heterocycles. The highest BCUT2D eigenvalue weighted by Crippen LogP contribution is 2.44. The van der Waals surface area contributed by atoms with Crippen LogP contribution in [0.4, 0.5) is 5.13 Å². The van der Waals surface area contributed by atoms with Crippen molar-refractivity contribution in [2.45, 2.75) is 38.6 Å². The number of carbonyl (C=O) groups excluding carboxylic acids is 2. The predicted molar refractivity (Wildman–Crippen MR) is 157 cm³/mol. The lowest BCUT2D eigenvalue weighted by Gasteiger charge is -2.35. The number of piperidine rings is 1. The molecule has 3 aromatic heterocycles. The van der Waals surface area contributed by atoms with Gasteiger partial charge in [0.05, 0.1) is 32.7 Å². The van der Waals surface area contributed by atoms with Gasteiger partial charge in [-0.25, -0.2) is 9.67 Å². The van der Waals surface area contributed by atoms with E-state index in [2.05, 4.69) is 34.3 Å². The Morgan fingerprint density at radius 2 is 1.95 bits per heavy atom. The van der Waals surface area contributed by atoms with Crippen molar-refractivity contribution in [3.8, 4) is 27.5 Å². The van der Waals surface area contributed by atoms with Gasteiger partial charge in [0.25, 0.3) is 5.91 Å². The minimum atomic E-state index is -0.162. The molecule has 0 bridgehead atoms. The van der Waals surface area contributed by atoms with Gasteiger partial charge in [-0.15, -0.1) is 0 Å². The number of aromatic nitrogens is 4. The molecule has 1 aliphatic heterocycles. The fourth-order valence-corrected chi connectivity index (χ4v) is 6.94. The lowest BCUT2D eigenvalue weighted by atomic mass is 9.95. The third-order valence-electron chi connectivity index (χ3n) is 7.63. The van der Waals surface area contributed by atoms with E-state index in [0.29, 0.717) is 27.4 Å². The highest BCUT2D eigenvalue weighted by Gasteiger charge is 2.31. The average molecular weight is 576 g/mol. The Bertz CT molecular complexity index is 1590. The summed E-state index contributed by atoms with van der Waals surface area (Å²) in [4.78, 5) is 39.1. The first kappa shape index (κ1) is 26.6. The monoisotopic (exact) mass is 575 g/mol. The number of rotatable bonds is 5. The highest BCUT2D eigenvalue weighted by atomic mass is 35.5. The maximum atomic E-state index is 13.3. The molecule has 40 heavy (non-hydrogen) atoms. The number of likely N-dealkylation sites (tertiary alicyclic amines) is 1. The minimum Gasteiger partial charge on any atom is -0.339 e. The van der Waals surface area contributed by atoms with E-state index >= 15 is 0 Å². The molecule has 1 fully saturated rings. The standard InChI is InChI=1S/C29H30ClN7O2S/c1-17(38)32-29-33-23-8-7-21-25(19-5-4-12-31-16-19)34-37(26(21)27(23)40-29)24-9-6-18(15-22(24)30)28(39)36-13-10-20(11-14-36)35(2)3/h4-6,9,12,15-16,20H,7-8,10-11,13-14H2,1-3H3,(H,32,33,38). The van der Waals surface area contributed by atoms with E-state index in [9.17, 15) is 9.59 Å². The van der Waals surface area contributed by atoms with E-state index in [1.807, 2.05) is 33.8 Å². The van der Waals surface area contributed by atoms with E-state index in [1.54, 1.807) is 18.5 Å². The van der Waals surface area contributed by atoms with Gasteiger partial charge >= 0.3 is 0 Å². The first-order valence-corrected chi connectivity index (χ1v) is 14.5. The summed E-state index contributed by atoms with van der Waals surface area (Å²) < 4.78 is 1.85. The number of benzene rings is 1. The molecular weight excluding hydrogens is 546 g/mol. The second-order valence-electron chi connectivity index (χ2n) is 10.5. The van der Waals surface area contributed by atoms with Crippen molar-refractivity contribution in [3.63, 3.8) is 0 Å². The highest BCUT2D eigenvalue weighted by molar-refractivity contribution is 7.19. The number of nitrogens with one attached hydrogen (secondary N) is 1. The van der Waals surface area contributed by atoms with E-state index in [4.69, 9.17) is 16.7 Å². The van der Waals surface area contributed by atoms with Gasteiger partial charge in [0.15, 0.2) is 5.13 Å². The Hall–Kier alpha value is -3.60. The van der Waals surface area contributed by atoms with Crippen LogP contribution < -0.4 is 5.32 Å². The zero-order valence-electron chi connectivity index (χ0n) is 22.6. The molecule has 0 spiro atoms. The van der Waals surface area contributed by atoms with Crippen LogP contribution in [0.15, 0.2) is 42.7 Å². The number of thiazole rings is 1. The van der Waals surface area contributed by atoms with Gasteiger partial charge in [-0.3, -0.25) is 14.6 Å². The first-order chi connectivity index (χ1) is 19.3. The Kier molecular flexibility index (Phi) is 7.16. The molecule has 0 unspecified atom stereocenters. The van der Waals surface area contributed by atoms with Crippen LogP contribution in [0.1, 0.15) is 41.4 Å². The van der Waals surface area contributed by atoms with Gasteiger partial charge in [0, 0.05) is 55.1 Å². The van der Waals surface area contributed by atoms with Crippen LogP contribution in [0.5, 0.6) is 0 Å². The average Bonchev–Trinajstić information content (AvgIpc) is 3.53. The number of amides is 2. The molecule has 206 valence electrons. The van der Waals surface area contributed by atoms with Gasteiger partial charge in [-0.1, -0.05) is 22.9 Å². The number of hydrogen-bond donors (Lipinski definition) is 1. The van der Waals surface area contributed by atoms with Crippen LogP contribution in [-0.2, 0) is 17.6 Å². The van der Waals surface area contributed by atoms with E-state index in [-0.39, 0.29) is 11.8 Å². The number of anilines is 1. The zero-order valence-corrected chi connectivity index (χ0v) is 24.2. The number of fused-ring (bicyclic) bond motifs is 3. The molecule has 4 heterocycles. The van der Waals surface area contributed by atoms with Crippen molar-refractivity contribution in [1.82, 2.24) is 29.5 Å². The normalized spacial score (nSPS) is 15.2. The van der Waals surface area contributed by atoms with Gasteiger partial charge in [-0.2, -0.15) is 5.10 Å². The molecule has 9 nitrogen and oxygen atoms in total. The Balaban J connectivity index is 1.39. The molecule has 4 aromatic rings. The number of pyridine rings is 1. The molecule has 1 aliphatic carbocycles. The number of aryl methyl sites for hydroxylation is 1. The number of carbonyl (C=O) groups is 2. The first-order valence-electron chi connectivity index (χ1n) is 13.4. The van der Waals surface area contributed by atoms with Crippen LogP contribution in [0.25, 0.3) is 27.5 Å². The summed E-state index contributed by atoms with van der Waals surface area (Å²) in [5.74, 6) is -0.168. The molecule has 0 atom stereocenters. The van der Waals surface area contributed by atoms with Gasteiger partial charge in [0.2, 0.25) is 5.91 Å². The SMILES string of the molecule is CC(=O)Nc1nc2c(s1)-c1c(c(-c3cccnc3)nn1-c1ccc(C(=O)N3CCC(N(C)C)CC3)cc1Cl)CC2. The predicted octanol–water partition coefficient (Wildman–Crippen LogP) is 4.93. The lowest BCUT2D eigenvalue weighted by molar-refractivity contribution is -0.114. The van der Waals surface area contributed by atoms with Crippen LogP contribution in [0.3, 0.4) is 0 Å². The third kappa shape index (κ3) is 4.91. The number of halogens is 1. The summed E-state index contributed by atoms with van der Waals surface area (Å²) in [6.45, 7) is 2.93. The summed E-state index contributed by atoms with van der Waals surface area (Å²) in [5.41, 5.74) is 5.90. The Morgan fingerprint density at radius 1 is 1.15 bits per heavy atom. The number of nitrogens with zero attached hydrogens (tertiary/aromatic N) is 6. The molecule has 11 heteroatoms. The largest absolute Gasteiger partial charge is 0.339 e. The summed E-state index contributed by atoms with van der Waals surface area (Å²) in [5, 5.41) is 8.86. The van der Waals surface area contributed by atoms with Crippen LogP contribution in [-0.4, -0.2) is 74.6 Å². The second kappa shape index (κ2) is 10.8. The molecule has 1 N–H and O–H groups in total. The Labute approximate surface area is 241 Å². The molecular formula is C29H30ClN7O2S. The summed E-state index contributed by atoms with van der Waals surface area (Å²) in [6.07, 6.45) is 6.94.